The Bertz CT molecular complexity index is 2370. The number of furan rings is 2. The van der Waals surface area contributed by atoms with Gasteiger partial charge in [0.05, 0.1) is 6.26 Å². The lowest BCUT2D eigenvalue weighted by atomic mass is 9.84. The minimum Gasteiger partial charge on any atom is -0.460 e. The molecule has 0 spiro atoms. The molecule has 2 aromatic heterocycles. The summed E-state index contributed by atoms with van der Waals surface area (Å²) in [6, 6.07) is 45.5. The molecule has 0 unspecified atom stereocenters. The molecule has 0 bridgehead atoms. The van der Waals surface area contributed by atoms with Gasteiger partial charge in [0.1, 0.15) is 5.58 Å². The predicted octanol–water partition coefficient (Wildman–Crippen LogP) is 11.1. The second-order valence-electron chi connectivity index (χ2n) is 10.4. The molecule has 7 aromatic carbocycles. The highest BCUT2D eigenvalue weighted by Gasteiger charge is 2.21. The minimum atomic E-state index is 0.792. The van der Waals surface area contributed by atoms with Crippen molar-refractivity contribution in [1.29, 1.82) is 0 Å². The minimum absolute atomic E-state index is 0.792. The third-order valence-electron chi connectivity index (χ3n) is 8.35. The van der Waals surface area contributed by atoms with Gasteiger partial charge >= 0.3 is 0 Å². The maximum Gasteiger partial charge on any atom is 0.178 e. The van der Waals surface area contributed by atoms with Crippen LogP contribution in [0, 0.1) is 0 Å². The molecular formula is C38H22O2. The highest BCUT2D eigenvalue weighted by atomic mass is 16.4. The van der Waals surface area contributed by atoms with Gasteiger partial charge in [0, 0.05) is 27.3 Å². The summed E-state index contributed by atoms with van der Waals surface area (Å²) in [5, 5.41) is 10.6. The van der Waals surface area contributed by atoms with E-state index in [1.807, 2.05) is 6.07 Å². The van der Waals surface area contributed by atoms with Crippen LogP contribution < -0.4 is 0 Å². The molecule has 9 rings (SSSR count). The summed E-state index contributed by atoms with van der Waals surface area (Å²) >= 11 is 0. The number of fused-ring (bicyclic) bond motifs is 8. The van der Waals surface area contributed by atoms with E-state index in [0.29, 0.717) is 0 Å². The number of benzene rings is 7. The maximum absolute atomic E-state index is 6.69. The standard InChI is InChI=1S/C38H22O2/c1-2-11-25-23(9-1)10-7-16-26(25)34-27-12-3-5-14-29(27)35(30-15-6-4-13-28(30)34)33-18-8-17-31-32-20-19-24-21-22-39-36(24)38(32)40-37(31)33/h1-22H. The Morgan fingerprint density at radius 3 is 1.62 bits per heavy atom. The molecule has 40 heavy (non-hydrogen) atoms. The van der Waals surface area contributed by atoms with Crippen LogP contribution in [-0.2, 0) is 0 Å². The Kier molecular flexibility index (Phi) is 4.36. The van der Waals surface area contributed by atoms with E-state index in [4.69, 9.17) is 8.83 Å². The number of rotatable bonds is 2. The molecule has 2 heteroatoms. The molecule has 2 heterocycles. The Morgan fingerprint density at radius 2 is 0.875 bits per heavy atom. The lowest BCUT2D eigenvalue weighted by Crippen LogP contribution is -1.91. The lowest BCUT2D eigenvalue weighted by Gasteiger charge is -2.18. The molecule has 186 valence electrons. The Balaban J connectivity index is 1.46. The van der Waals surface area contributed by atoms with Gasteiger partial charge in [-0.25, -0.2) is 0 Å². The molecule has 0 aliphatic heterocycles. The van der Waals surface area contributed by atoms with Gasteiger partial charge in [-0.1, -0.05) is 115 Å². The highest BCUT2D eigenvalue weighted by molar-refractivity contribution is 6.26. The van der Waals surface area contributed by atoms with Gasteiger partial charge < -0.3 is 8.83 Å². The van der Waals surface area contributed by atoms with Crippen LogP contribution in [0.4, 0.5) is 0 Å². The van der Waals surface area contributed by atoms with Crippen molar-refractivity contribution in [1.82, 2.24) is 0 Å². The molecule has 0 radical (unpaired) electrons. The molecule has 0 fully saturated rings. The molecule has 0 aliphatic carbocycles. The number of para-hydroxylation sites is 1. The van der Waals surface area contributed by atoms with Crippen LogP contribution in [-0.4, -0.2) is 0 Å². The van der Waals surface area contributed by atoms with Gasteiger partial charge in [-0.15, -0.1) is 0 Å². The summed E-state index contributed by atoms with van der Waals surface area (Å²) in [5.41, 5.74) is 7.27. The fourth-order valence-corrected chi connectivity index (χ4v) is 6.63. The fourth-order valence-electron chi connectivity index (χ4n) is 6.63. The van der Waals surface area contributed by atoms with Gasteiger partial charge in [0.15, 0.2) is 11.2 Å². The number of hydrogen-bond donors (Lipinski definition) is 0. The van der Waals surface area contributed by atoms with E-state index in [1.54, 1.807) is 6.26 Å². The maximum atomic E-state index is 6.69. The predicted molar refractivity (Wildman–Crippen MR) is 167 cm³/mol. The molecule has 0 saturated carbocycles. The second kappa shape index (κ2) is 8.08. The van der Waals surface area contributed by atoms with Gasteiger partial charge in [0.2, 0.25) is 0 Å². The highest BCUT2D eigenvalue weighted by Crippen LogP contribution is 2.47. The third kappa shape index (κ3) is 2.88. The second-order valence-corrected chi connectivity index (χ2v) is 10.4. The SMILES string of the molecule is c1ccc2c(-c3c4ccccc4c(-c4cccc5c4oc4c5ccc5ccoc54)c4ccccc34)cccc2c1. The summed E-state index contributed by atoms with van der Waals surface area (Å²) in [6.45, 7) is 0. The first-order chi connectivity index (χ1) is 19.9. The summed E-state index contributed by atoms with van der Waals surface area (Å²) < 4.78 is 12.5. The first kappa shape index (κ1) is 21.6. The Morgan fingerprint density at radius 1 is 0.325 bits per heavy atom. The molecule has 0 saturated heterocycles. The van der Waals surface area contributed by atoms with Crippen molar-refractivity contribution >= 4 is 65.2 Å². The van der Waals surface area contributed by atoms with Crippen molar-refractivity contribution in [3.63, 3.8) is 0 Å². The fraction of sp³-hybridized carbons (Fsp3) is 0. The van der Waals surface area contributed by atoms with E-state index in [0.717, 1.165) is 38.5 Å². The van der Waals surface area contributed by atoms with Crippen LogP contribution >= 0.6 is 0 Å². The Hall–Kier alpha value is -5.34. The summed E-state index contributed by atoms with van der Waals surface area (Å²) in [6.07, 6.45) is 1.73. The first-order valence-electron chi connectivity index (χ1n) is 13.6. The molecule has 0 N–H and O–H groups in total. The van der Waals surface area contributed by atoms with Crippen molar-refractivity contribution < 1.29 is 8.83 Å². The zero-order valence-electron chi connectivity index (χ0n) is 21.5. The van der Waals surface area contributed by atoms with Crippen LogP contribution in [0.15, 0.2) is 142 Å². The van der Waals surface area contributed by atoms with Gasteiger partial charge in [-0.3, -0.25) is 0 Å². The monoisotopic (exact) mass is 510 g/mol. The van der Waals surface area contributed by atoms with E-state index in [1.165, 1.54) is 49.0 Å². The average Bonchev–Trinajstić information content (AvgIpc) is 3.65. The van der Waals surface area contributed by atoms with Crippen LogP contribution in [0.3, 0.4) is 0 Å². The van der Waals surface area contributed by atoms with Crippen molar-refractivity contribution in [3.8, 4) is 22.3 Å². The summed E-state index contributed by atoms with van der Waals surface area (Å²) in [4.78, 5) is 0. The quantitative estimate of drug-likeness (QED) is 0.216. The van der Waals surface area contributed by atoms with Crippen LogP contribution in [0.2, 0.25) is 0 Å². The number of hydrogen-bond acceptors (Lipinski definition) is 2. The zero-order chi connectivity index (χ0) is 26.2. The van der Waals surface area contributed by atoms with Crippen molar-refractivity contribution in [2.75, 3.05) is 0 Å². The third-order valence-corrected chi connectivity index (χ3v) is 8.35. The van der Waals surface area contributed by atoms with Crippen LogP contribution in [0.25, 0.3) is 87.5 Å². The normalized spacial score (nSPS) is 12.0. The van der Waals surface area contributed by atoms with E-state index < -0.39 is 0 Å². The first-order valence-corrected chi connectivity index (χ1v) is 13.6. The Labute approximate surface area is 229 Å². The molecule has 2 nitrogen and oxygen atoms in total. The molecule has 0 aliphatic rings. The molecule has 9 aromatic rings. The van der Waals surface area contributed by atoms with E-state index >= 15 is 0 Å². The van der Waals surface area contributed by atoms with Crippen LogP contribution in [0.1, 0.15) is 0 Å². The lowest BCUT2D eigenvalue weighted by molar-refractivity contribution is 0.600. The van der Waals surface area contributed by atoms with E-state index in [9.17, 15) is 0 Å². The van der Waals surface area contributed by atoms with Gasteiger partial charge in [-0.2, -0.15) is 0 Å². The van der Waals surface area contributed by atoms with Crippen LogP contribution in [0.5, 0.6) is 0 Å². The smallest absolute Gasteiger partial charge is 0.178 e. The average molecular weight is 511 g/mol. The summed E-state index contributed by atoms with van der Waals surface area (Å²) in [7, 11) is 0. The molecule has 0 amide bonds. The largest absolute Gasteiger partial charge is 0.460 e. The van der Waals surface area contributed by atoms with Gasteiger partial charge in [-0.05, 0) is 55.6 Å². The van der Waals surface area contributed by atoms with Crippen molar-refractivity contribution in [3.05, 3.63) is 134 Å². The topological polar surface area (TPSA) is 26.3 Å². The van der Waals surface area contributed by atoms with Crippen molar-refractivity contribution in [2.24, 2.45) is 0 Å². The van der Waals surface area contributed by atoms with Crippen molar-refractivity contribution in [2.45, 2.75) is 0 Å². The van der Waals surface area contributed by atoms with E-state index in [2.05, 4.69) is 121 Å². The molecule has 0 atom stereocenters. The summed E-state index contributed by atoms with van der Waals surface area (Å²) in [5.74, 6) is 0. The van der Waals surface area contributed by atoms with E-state index in [-0.39, 0.29) is 0 Å². The van der Waals surface area contributed by atoms with Gasteiger partial charge in [0.25, 0.3) is 0 Å². The molecular weight excluding hydrogens is 488 g/mol. The zero-order valence-corrected chi connectivity index (χ0v) is 21.5.